The number of aromatic hydroxyl groups is 1. The molecule has 1 aliphatic rings. The number of phenolic OH excluding ortho intramolecular Hbond substituents is 1. The summed E-state index contributed by atoms with van der Waals surface area (Å²) >= 11 is 0. The molecule has 0 saturated carbocycles. The number of esters is 1. The minimum atomic E-state index is -1.19. The molecule has 1 aromatic carbocycles. The van der Waals surface area contributed by atoms with Crippen molar-refractivity contribution in [1.82, 2.24) is 4.90 Å². The summed E-state index contributed by atoms with van der Waals surface area (Å²) in [6.07, 6.45) is -0.890. The number of methoxy groups -OCH3 is 1. The maximum atomic E-state index is 11.9. The molecule has 23 heavy (non-hydrogen) atoms. The summed E-state index contributed by atoms with van der Waals surface area (Å²) < 4.78 is 4.74. The van der Waals surface area contributed by atoms with E-state index in [9.17, 15) is 24.6 Å². The Kier molecular flexibility index (Phi) is 4.73. The lowest BCUT2D eigenvalue weighted by molar-refractivity contribution is -0.146. The van der Waals surface area contributed by atoms with Crippen LogP contribution in [0.25, 0.3) is 0 Å². The number of rotatable bonds is 3. The first kappa shape index (κ1) is 16.6. The van der Waals surface area contributed by atoms with Gasteiger partial charge in [-0.05, 0) is 24.6 Å². The minimum Gasteiger partial charge on any atom is -0.508 e. The van der Waals surface area contributed by atoms with Crippen molar-refractivity contribution in [1.29, 1.82) is 0 Å². The van der Waals surface area contributed by atoms with Crippen LogP contribution in [0.2, 0.25) is 0 Å². The summed E-state index contributed by atoms with van der Waals surface area (Å²) in [4.78, 5) is 35.6. The van der Waals surface area contributed by atoms with Gasteiger partial charge in [-0.25, -0.2) is 4.79 Å². The van der Waals surface area contributed by atoms with Crippen LogP contribution in [0.15, 0.2) is 18.2 Å². The molecule has 2 amide bonds. The fraction of sp³-hybridized carbons (Fsp3) is 0.400. The zero-order valence-corrected chi connectivity index (χ0v) is 12.8. The molecule has 1 saturated heterocycles. The van der Waals surface area contributed by atoms with Gasteiger partial charge in [0.2, 0.25) is 5.91 Å². The lowest BCUT2D eigenvalue weighted by atomic mass is 9.92. The van der Waals surface area contributed by atoms with Gasteiger partial charge < -0.3 is 25.2 Å². The monoisotopic (exact) mass is 322 g/mol. The molecule has 3 N–H and O–H groups in total. The minimum absolute atomic E-state index is 0.147. The summed E-state index contributed by atoms with van der Waals surface area (Å²) in [6.45, 7) is 1.49. The van der Waals surface area contributed by atoms with E-state index in [1.165, 1.54) is 32.2 Å². The van der Waals surface area contributed by atoms with Crippen LogP contribution in [0.4, 0.5) is 10.5 Å². The van der Waals surface area contributed by atoms with E-state index >= 15 is 0 Å². The molecule has 0 radical (unpaired) electrons. The Labute approximate surface area is 132 Å². The highest BCUT2D eigenvalue weighted by molar-refractivity contribution is 5.89. The number of nitrogens with zero attached hydrogens (tertiary/aromatic N) is 1. The first-order valence-electron chi connectivity index (χ1n) is 7.03. The van der Waals surface area contributed by atoms with Crippen LogP contribution < -0.4 is 5.32 Å². The second-order valence-electron chi connectivity index (χ2n) is 5.29. The number of likely N-dealkylation sites (tertiary alicyclic amines) is 1. The summed E-state index contributed by atoms with van der Waals surface area (Å²) in [5.41, 5.74) is 0.665. The van der Waals surface area contributed by atoms with Crippen molar-refractivity contribution in [2.75, 3.05) is 19.0 Å². The van der Waals surface area contributed by atoms with E-state index in [0.29, 0.717) is 12.1 Å². The normalized spacial score (nSPS) is 20.2. The first-order valence-corrected chi connectivity index (χ1v) is 7.03. The van der Waals surface area contributed by atoms with Crippen molar-refractivity contribution in [2.45, 2.75) is 19.4 Å². The van der Waals surface area contributed by atoms with Gasteiger partial charge in [-0.2, -0.15) is 0 Å². The molecule has 1 fully saturated rings. The molecular formula is C15H18N2O6. The van der Waals surface area contributed by atoms with Gasteiger partial charge in [-0.15, -0.1) is 0 Å². The number of carbonyl (C=O) groups is 3. The SMILES string of the molecule is COC(=O)C1CCN(C(=O)O)C1c1cc(NC(C)=O)ccc1O. The van der Waals surface area contributed by atoms with Crippen LogP contribution in [0.5, 0.6) is 5.75 Å². The smallest absolute Gasteiger partial charge is 0.407 e. The van der Waals surface area contributed by atoms with Crippen LogP contribution in [0.1, 0.15) is 24.9 Å². The number of carboxylic acid groups (broad SMARTS) is 1. The number of anilines is 1. The van der Waals surface area contributed by atoms with E-state index in [2.05, 4.69) is 5.32 Å². The van der Waals surface area contributed by atoms with Crippen molar-refractivity contribution in [3.63, 3.8) is 0 Å². The third kappa shape index (κ3) is 3.36. The number of carbonyl (C=O) groups excluding carboxylic acids is 2. The molecular weight excluding hydrogens is 304 g/mol. The Morgan fingerprint density at radius 1 is 1.35 bits per heavy atom. The van der Waals surface area contributed by atoms with E-state index < -0.39 is 24.0 Å². The topological polar surface area (TPSA) is 116 Å². The largest absolute Gasteiger partial charge is 0.508 e. The molecule has 1 heterocycles. The van der Waals surface area contributed by atoms with Gasteiger partial charge in [-0.1, -0.05) is 0 Å². The van der Waals surface area contributed by atoms with E-state index in [1.54, 1.807) is 0 Å². The molecule has 0 spiro atoms. The van der Waals surface area contributed by atoms with Crippen molar-refractivity contribution >= 4 is 23.7 Å². The van der Waals surface area contributed by atoms with E-state index in [1.807, 2.05) is 0 Å². The molecule has 2 unspecified atom stereocenters. The Morgan fingerprint density at radius 3 is 2.61 bits per heavy atom. The number of nitrogens with one attached hydrogen (secondary N) is 1. The molecule has 1 aliphatic heterocycles. The van der Waals surface area contributed by atoms with E-state index in [4.69, 9.17) is 4.74 Å². The molecule has 1 aromatic rings. The highest BCUT2D eigenvalue weighted by Gasteiger charge is 2.44. The van der Waals surface area contributed by atoms with Gasteiger partial charge in [0, 0.05) is 24.7 Å². The third-order valence-corrected chi connectivity index (χ3v) is 3.81. The van der Waals surface area contributed by atoms with Crippen LogP contribution in [-0.4, -0.2) is 46.7 Å². The van der Waals surface area contributed by atoms with Crippen LogP contribution >= 0.6 is 0 Å². The molecule has 2 rings (SSSR count). The molecule has 0 aromatic heterocycles. The van der Waals surface area contributed by atoms with Crippen LogP contribution in [0, 0.1) is 5.92 Å². The van der Waals surface area contributed by atoms with Crippen molar-refractivity contribution in [2.24, 2.45) is 5.92 Å². The first-order chi connectivity index (χ1) is 10.8. The number of amides is 2. The zero-order chi connectivity index (χ0) is 17.1. The fourth-order valence-electron chi connectivity index (χ4n) is 2.86. The molecule has 0 bridgehead atoms. The molecule has 124 valence electrons. The number of benzene rings is 1. The second-order valence-corrected chi connectivity index (χ2v) is 5.29. The average molecular weight is 322 g/mol. The predicted molar refractivity (Wildman–Crippen MR) is 80.0 cm³/mol. The van der Waals surface area contributed by atoms with Crippen LogP contribution in [0.3, 0.4) is 0 Å². The Hall–Kier alpha value is -2.77. The van der Waals surface area contributed by atoms with Gasteiger partial charge in [-0.3, -0.25) is 9.59 Å². The second kappa shape index (κ2) is 6.55. The van der Waals surface area contributed by atoms with Crippen molar-refractivity contribution in [3.05, 3.63) is 23.8 Å². The van der Waals surface area contributed by atoms with Crippen molar-refractivity contribution in [3.8, 4) is 5.75 Å². The molecule has 8 heteroatoms. The number of hydrogen-bond acceptors (Lipinski definition) is 5. The van der Waals surface area contributed by atoms with Gasteiger partial charge in [0.15, 0.2) is 0 Å². The number of phenols is 1. The van der Waals surface area contributed by atoms with Gasteiger partial charge in [0.1, 0.15) is 5.75 Å². The fourth-order valence-corrected chi connectivity index (χ4v) is 2.86. The molecule has 2 atom stereocenters. The Balaban J connectivity index is 2.47. The lowest BCUT2D eigenvalue weighted by Crippen LogP contribution is -2.33. The maximum absolute atomic E-state index is 11.9. The summed E-state index contributed by atoms with van der Waals surface area (Å²) in [5.74, 6) is -1.70. The summed E-state index contributed by atoms with van der Waals surface area (Å²) in [6, 6.07) is 3.45. The van der Waals surface area contributed by atoms with E-state index in [-0.39, 0.29) is 23.8 Å². The number of hydrogen-bond donors (Lipinski definition) is 3. The quantitative estimate of drug-likeness (QED) is 0.574. The summed E-state index contributed by atoms with van der Waals surface area (Å²) in [7, 11) is 1.23. The highest BCUT2D eigenvalue weighted by Crippen LogP contribution is 2.42. The van der Waals surface area contributed by atoms with Gasteiger partial charge >= 0.3 is 12.1 Å². The Bertz CT molecular complexity index is 645. The van der Waals surface area contributed by atoms with Crippen molar-refractivity contribution < 1.29 is 29.3 Å². The Morgan fingerprint density at radius 2 is 2.04 bits per heavy atom. The van der Waals surface area contributed by atoms with Crippen LogP contribution in [-0.2, 0) is 14.3 Å². The maximum Gasteiger partial charge on any atom is 0.407 e. The average Bonchev–Trinajstić information content (AvgIpc) is 2.92. The highest BCUT2D eigenvalue weighted by atomic mass is 16.5. The standard InChI is InChI=1S/C15H18N2O6/c1-8(18)16-9-3-4-12(19)11(7-9)13-10(14(20)23-2)5-6-17(13)15(21)22/h3-4,7,10,13,19H,5-6H2,1-2H3,(H,16,18)(H,21,22). The third-order valence-electron chi connectivity index (χ3n) is 3.81. The van der Waals surface area contributed by atoms with Gasteiger partial charge in [0.25, 0.3) is 0 Å². The zero-order valence-electron chi connectivity index (χ0n) is 12.8. The predicted octanol–water partition coefficient (Wildman–Crippen LogP) is 1.56. The summed E-state index contributed by atoms with van der Waals surface area (Å²) in [5, 5.41) is 22.0. The lowest BCUT2D eigenvalue weighted by Gasteiger charge is -2.26. The molecule has 0 aliphatic carbocycles. The van der Waals surface area contributed by atoms with Gasteiger partial charge in [0.05, 0.1) is 19.1 Å². The van der Waals surface area contributed by atoms with E-state index in [0.717, 1.165) is 4.90 Å². The number of ether oxygens (including phenoxy) is 1. The molecule has 8 nitrogen and oxygen atoms in total.